The van der Waals surface area contributed by atoms with E-state index in [1.807, 2.05) is 36.6 Å². The highest BCUT2D eigenvalue weighted by molar-refractivity contribution is 6.30. The fourth-order valence-corrected chi connectivity index (χ4v) is 5.46. The molecule has 1 saturated carbocycles. The summed E-state index contributed by atoms with van der Waals surface area (Å²) in [6.07, 6.45) is 0.842. The molecule has 3 fully saturated rings. The molecule has 0 unspecified atom stereocenters. The van der Waals surface area contributed by atoms with Gasteiger partial charge in [-0.15, -0.1) is 10.2 Å². The van der Waals surface area contributed by atoms with Crippen molar-refractivity contribution < 1.29 is 18.7 Å². The van der Waals surface area contributed by atoms with Crippen LogP contribution in [0.5, 0.6) is 0 Å². The van der Waals surface area contributed by atoms with Gasteiger partial charge in [0, 0.05) is 36.6 Å². The molecule has 0 radical (unpaired) electrons. The Morgan fingerprint density at radius 3 is 2.57 bits per heavy atom. The second-order valence-corrected chi connectivity index (χ2v) is 10.9. The van der Waals surface area contributed by atoms with Crippen LogP contribution in [-0.4, -0.2) is 74.5 Å². The third-order valence-electron chi connectivity index (χ3n) is 7.57. The van der Waals surface area contributed by atoms with E-state index in [-0.39, 0.29) is 24.0 Å². The van der Waals surface area contributed by atoms with E-state index < -0.39 is 11.8 Å². The highest BCUT2D eigenvalue weighted by atomic mass is 35.5. The number of ether oxygens (including phenoxy) is 1. The van der Waals surface area contributed by atoms with Gasteiger partial charge in [-0.2, -0.15) is 0 Å². The summed E-state index contributed by atoms with van der Waals surface area (Å²) < 4.78 is 21.7. The topological polar surface area (TPSA) is 83.8 Å². The van der Waals surface area contributed by atoms with Crippen molar-refractivity contribution in [3.63, 3.8) is 0 Å². The zero-order chi connectivity index (χ0) is 24.5. The summed E-state index contributed by atoms with van der Waals surface area (Å²) in [4.78, 5) is 30.5. The highest BCUT2D eigenvalue weighted by Gasteiger charge is 2.60. The molecule has 0 bridgehead atoms. The first kappa shape index (κ1) is 22.6. The van der Waals surface area contributed by atoms with Crippen LogP contribution >= 0.6 is 11.6 Å². The van der Waals surface area contributed by atoms with Gasteiger partial charge in [-0.3, -0.25) is 14.3 Å². The van der Waals surface area contributed by atoms with Crippen LogP contribution < -0.4 is 4.90 Å². The Morgan fingerprint density at radius 1 is 1.14 bits per heavy atom. The molecule has 1 aliphatic carbocycles. The number of aromatic nitrogens is 3. The molecular formula is C24H28ClFN6O3. The van der Waals surface area contributed by atoms with E-state index in [1.54, 1.807) is 9.80 Å². The molecule has 1 atom stereocenters. The number of carbonyl (C=O) groups is 2. The van der Waals surface area contributed by atoms with Gasteiger partial charge in [-0.25, -0.2) is 9.18 Å². The molecule has 6 rings (SSSR count). The third kappa shape index (κ3) is 3.73. The van der Waals surface area contributed by atoms with Crippen LogP contribution in [0.3, 0.4) is 0 Å². The minimum absolute atomic E-state index is 0.0208. The Hall–Kier alpha value is -2.88. The van der Waals surface area contributed by atoms with Crippen molar-refractivity contribution in [1.29, 1.82) is 0 Å². The first-order chi connectivity index (χ1) is 16.7. The number of hydrogen-bond acceptors (Lipinski definition) is 6. The van der Waals surface area contributed by atoms with Gasteiger partial charge in [-0.1, -0.05) is 18.5 Å². The average Bonchev–Trinajstić information content (AvgIpc) is 3.44. The van der Waals surface area contributed by atoms with Crippen molar-refractivity contribution in [1.82, 2.24) is 24.6 Å². The molecule has 35 heavy (non-hydrogen) atoms. The first-order valence-electron chi connectivity index (χ1n) is 12.1. The van der Waals surface area contributed by atoms with Gasteiger partial charge >= 0.3 is 6.09 Å². The van der Waals surface area contributed by atoms with E-state index in [9.17, 15) is 14.0 Å². The number of carbonyl (C=O) groups excluding carboxylic acids is 2. The Labute approximate surface area is 207 Å². The monoisotopic (exact) mass is 502 g/mol. The normalized spacial score (nSPS) is 21.9. The standard InChI is InChI=1S/C24H28ClFN6O3/c1-3-15(2)35-22(34)29-9-16-8-17(25)4-5-18(16)32-19(10-29)27-28-21(32)31-13-23(14-31)11-30(12-23)20(33)24(26)6-7-24/h4-5,8,15H,3,6-7,9-14H2,1-2H3/t15-/m0/s1. The van der Waals surface area contributed by atoms with Crippen molar-refractivity contribution in [2.24, 2.45) is 5.41 Å². The zero-order valence-corrected chi connectivity index (χ0v) is 20.6. The predicted molar refractivity (Wildman–Crippen MR) is 126 cm³/mol. The van der Waals surface area contributed by atoms with Crippen molar-refractivity contribution >= 4 is 29.5 Å². The highest BCUT2D eigenvalue weighted by Crippen LogP contribution is 2.47. The van der Waals surface area contributed by atoms with Gasteiger partial charge in [0.1, 0.15) is 6.10 Å². The van der Waals surface area contributed by atoms with E-state index >= 15 is 0 Å². The van der Waals surface area contributed by atoms with Crippen LogP contribution in [0.15, 0.2) is 18.2 Å². The lowest BCUT2D eigenvalue weighted by Gasteiger charge is -2.60. The molecule has 2 saturated heterocycles. The maximum Gasteiger partial charge on any atom is 0.410 e. The van der Waals surface area contributed by atoms with Gasteiger partial charge < -0.3 is 14.5 Å². The molecule has 3 aliphatic heterocycles. The third-order valence-corrected chi connectivity index (χ3v) is 7.81. The lowest BCUT2D eigenvalue weighted by Crippen LogP contribution is -2.74. The van der Waals surface area contributed by atoms with E-state index in [4.69, 9.17) is 16.3 Å². The van der Waals surface area contributed by atoms with Gasteiger partial charge in [0.15, 0.2) is 11.5 Å². The molecule has 2 aromatic rings. The van der Waals surface area contributed by atoms with E-state index in [0.29, 0.717) is 49.3 Å². The summed E-state index contributed by atoms with van der Waals surface area (Å²) in [5.74, 6) is 0.981. The Kier molecular flexibility index (Phi) is 5.04. The summed E-state index contributed by atoms with van der Waals surface area (Å²) >= 11 is 6.30. The maximum atomic E-state index is 14.1. The van der Waals surface area contributed by atoms with Crippen molar-refractivity contribution in [3.05, 3.63) is 34.6 Å². The maximum absolute atomic E-state index is 14.1. The van der Waals surface area contributed by atoms with Crippen LogP contribution in [0, 0.1) is 5.41 Å². The molecule has 1 aromatic carbocycles. The molecule has 4 aliphatic rings. The number of halogens is 2. The molecule has 186 valence electrons. The van der Waals surface area contributed by atoms with Gasteiger partial charge in [0.05, 0.1) is 18.8 Å². The fourth-order valence-electron chi connectivity index (χ4n) is 5.27. The number of benzene rings is 1. The van der Waals surface area contributed by atoms with Crippen LogP contribution in [0.1, 0.15) is 44.5 Å². The Morgan fingerprint density at radius 2 is 1.89 bits per heavy atom. The molecule has 4 heterocycles. The SMILES string of the molecule is CC[C@H](C)OC(=O)N1Cc2cc(Cl)ccc2-n2c(nnc2N2CC3(CN(C(=O)C4(F)CC4)C3)C2)C1. The molecular weight excluding hydrogens is 475 g/mol. The second-order valence-electron chi connectivity index (χ2n) is 10.5. The minimum Gasteiger partial charge on any atom is -0.446 e. The summed E-state index contributed by atoms with van der Waals surface area (Å²) in [6.45, 7) is 7.04. The van der Waals surface area contributed by atoms with Gasteiger partial charge in [0.2, 0.25) is 5.95 Å². The fraction of sp³-hybridized carbons (Fsp3) is 0.583. The lowest BCUT2D eigenvalue weighted by molar-refractivity contribution is -0.152. The quantitative estimate of drug-likeness (QED) is 0.637. The molecule has 11 heteroatoms. The first-order valence-corrected chi connectivity index (χ1v) is 12.5. The van der Waals surface area contributed by atoms with E-state index in [0.717, 1.165) is 30.8 Å². The smallest absolute Gasteiger partial charge is 0.410 e. The molecule has 2 amide bonds. The van der Waals surface area contributed by atoms with Crippen molar-refractivity contribution in [2.45, 2.75) is 58.0 Å². The summed E-state index contributed by atoms with van der Waals surface area (Å²) in [7, 11) is 0. The molecule has 1 spiro atoms. The largest absolute Gasteiger partial charge is 0.446 e. The number of rotatable bonds is 4. The lowest BCUT2D eigenvalue weighted by atomic mass is 9.72. The summed E-state index contributed by atoms with van der Waals surface area (Å²) in [5.41, 5.74) is 0.129. The number of likely N-dealkylation sites (tertiary alicyclic amines) is 1. The number of fused-ring (bicyclic) bond motifs is 3. The Bertz CT molecular complexity index is 1200. The number of nitrogens with zero attached hydrogens (tertiary/aromatic N) is 6. The van der Waals surface area contributed by atoms with Crippen LogP contribution in [0.25, 0.3) is 5.69 Å². The minimum atomic E-state index is -1.61. The Balaban J connectivity index is 1.23. The predicted octanol–water partition coefficient (Wildman–Crippen LogP) is 3.32. The summed E-state index contributed by atoms with van der Waals surface area (Å²) in [6, 6.07) is 5.60. The van der Waals surface area contributed by atoms with Crippen molar-refractivity contribution in [2.75, 3.05) is 31.1 Å². The zero-order valence-electron chi connectivity index (χ0n) is 19.8. The van der Waals surface area contributed by atoms with E-state index in [1.165, 1.54) is 0 Å². The van der Waals surface area contributed by atoms with Crippen LogP contribution in [0.2, 0.25) is 5.02 Å². The second kappa shape index (κ2) is 7.81. The van der Waals surface area contributed by atoms with E-state index in [2.05, 4.69) is 15.1 Å². The molecule has 1 aromatic heterocycles. The number of amides is 2. The number of anilines is 1. The van der Waals surface area contributed by atoms with Gasteiger partial charge in [-0.05, 0) is 49.9 Å². The average molecular weight is 503 g/mol. The number of alkyl halides is 1. The van der Waals surface area contributed by atoms with Crippen molar-refractivity contribution in [3.8, 4) is 5.69 Å². The van der Waals surface area contributed by atoms with Gasteiger partial charge in [0.25, 0.3) is 5.91 Å². The summed E-state index contributed by atoms with van der Waals surface area (Å²) in [5, 5.41) is 9.47. The molecule has 0 N–H and O–H groups in total. The van der Waals surface area contributed by atoms with Crippen LogP contribution in [0.4, 0.5) is 15.1 Å². The number of hydrogen-bond donors (Lipinski definition) is 0. The molecule has 9 nitrogen and oxygen atoms in total. The van der Waals surface area contributed by atoms with Crippen LogP contribution in [-0.2, 0) is 22.6 Å².